The largest absolute Gasteiger partial charge is 0.338 e. The molecule has 0 bridgehead atoms. The van der Waals surface area contributed by atoms with Crippen LogP contribution in [0.15, 0.2) is 24.6 Å². The maximum absolute atomic E-state index is 8.85. The fourth-order valence-corrected chi connectivity index (χ4v) is 1.18. The highest BCUT2D eigenvalue weighted by Crippen LogP contribution is 2.22. The first-order chi connectivity index (χ1) is 6.81. The van der Waals surface area contributed by atoms with Gasteiger partial charge in [0.15, 0.2) is 0 Å². The Labute approximate surface area is 93.9 Å². The van der Waals surface area contributed by atoms with Gasteiger partial charge in [0.2, 0.25) is 0 Å². The molecule has 0 amide bonds. The highest BCUT2D eigenvalue weighted by molar-refractivity contribution is 5.20. The second kappa shape index (κ2) is 5.60. The third-order valence-corrected chi connectivity index (χ3v) is 2.33. The van der Waals surface area contributed by atoms with Crippen LogP contribution in [-0.4, -0.2) is 11.4 Å². The van der Waals surface area contributed by atoms with Crippen molar-refractivity contribution in [3.05, 3.63) is 24.6 Å². The minimum Gasteiger partial charge on any atom is -0.338 e. The Morgan fingerprint density at radius 3 is 2.20 bits per heavy atom. The number of hydrogen-bond donors (Lipinski definition) is 0. The van der Waals surface area contributed by atoms with Crippen LogP contribution in [0.4, 0.5) is 0 Å². The number of allylic oxidation sites excluding steroid dienone is 2. The van der Waals surface area contributed by atoms with Crippen LogP contribution in [0.25, 0.3) is 0 Å². The van der Waals surface area contributed by atoms with Crippen LogP contribution in [0.1, 0.15) is 40.5 Å². The van der Waals surface area contributed by atoms with Crippen LogP contribution < -0.4 is 0 Å². The summed E-state index contributed by atoms with van der Waals surface area (Å²) >= 11 is 0. The average Bonchev–Trinajstić information content (AvgIpc) is 2.15. The summed E-state index contributed by atoms with van der Waals surface area (Å²) in [4.78, 5) is 1.92. The van der Waals surface area contributed by atoms with Crippen molar-refractivity contribution in [3.8, 4) is 6.07 Å². The first-order valence-corrected chi connectivity index (χ1v) is 5.36. The smallest absolute Gasteiger partial charge is 0.117 e. The van der Waals surface area contributed by atoms with Gasteiger partial charge in [-0.25, -0.2) is 0 Å². The molecule has 0 N–H and O–H groups in total. The summed E-state index contributed by atoms with van der Waals surface area (Å²) in [5.74, 6) is 0. The summed E-state index contributed by atoms with van der Waals surface area (Å²) in [5, 5.41) is 8.85. The fraction of sp³-hybridized carbons (Fsp3) is 0.615. The topological polar surface area (TPSA) is 27.0 Å². The lowest BCUT2D eigenvalue weighted by Crippen LogP contribution is -2.25. The Bertz CT molecular complexity index is 276. The molecule has 2 heteroatoms. The molecule has 0 aromatic carbocycles. The van der Waals surface area contributed by atoms with Crippen molar-refractivity contribution in [1.82, 2.24) is 4.90 Å². The van der Waals surface area contributed by atoms with Gasteiger partial charge < -0.3 is 4.90 Å². The fourth-order valence-electron chi connectivity index (χ4n) is 1.18. The molecular weight excluding hydrogens is 184 g/mol. The molecule has 15 heavy (non-hydrogen) atoms. The third-order valence-electron chi connectivity index (χ3n) is 2.33. The van der Waals surface area contributed by atoms with Gasteiger partial charge in [-0.15, -0.1) is 0 Å². The molecule has 0 spiro atoms. The zero-order valence-corrected chi connectivity index (χ0v) is 10.4. The van der Waals surface area contributed by atoms with Crippen LogP contribution in [0.3, 0.4) is 0 Å². The summed E-state index contributed by atoms with van der Waals surface area (Å²) in [5.41, 5.74) is 1.72. The first-order valence-electron chi connectivity index (χ1n) is 5.36. The molecule has 0 aromatic heterocycles. The van der Waals surface area contributed by atoms with Gasteiger partial charge in [-0.3, -0.25) is 0 Å². The van der Waals surface area contributed by atoms with E-state index in [9.17, 15) is 0 Å². The van der Waals surface area contributed by atoms with Crippen LogP contribution >= 0.6 is 0 Å². The van der Waals surface area contributed by atoms with Crippen molar-refractivity contribution < 1.29 is 0 Å². The summed E-state index contributed by atoms with van der Waals surface area (Å²) in [6.45, 7) is 17.1. The van der Waals surface area contributed by atoms with Crippen molar-refractivity contribution in [1.29, 1.82) is 5.26 Å². The summed E-state index contributed by atoms with van der Waals surface area (Å²) in [6.07, 6.45) is 1.87. The van der Waals surface area contributed by atoms with Gasteiger partial charge in [-0.2, -0.15) is 5.26 Å². The predicted molar refractivity (Wildman–Crippen MR) is 65.0 cm³/mol. The molecule has 0 aliphatic heterocycles. The Morgan fingerprint density at radius 2 is 1.87 bits per heavy atom. The van der Waals surface area contributed by atoms with Crippen LogP contribution in [0, 0.1) is 16.7 Å². The maximum atomic E-state index is 8.85. The molecular formula is C13H22N2. The lowest BCUT2D eigenvalue weighted by Gasteiger charge is -2.28. The van der Waals surface area contributed by atoms with E-state index in [1.807, 2.05) is 11.8 Å². The van der Waals surface area contributed by atoms with E-state index in [-0.39, 0.29) is 5.41 Å². The van der Waals surface area contributed by atoms with Crippen LogP contribution in [0.2, 0.25) is 0 Å². The Balaban J connectivity index is 4.48. The third kappa shape index (κ3) is 5.27. The SMILES string of the molecule is C=C(C#N)N(CCC(C)(C)C)C(=C)CC. The maximum Gasteiger partial charge on any atom is 0.117 e. The Morgan fingerprint density at radius 1 is 1.33 bits per heavy atom. The summed E-state index contributed by atoms with van der Waals surface area (Å²) in [7, 11) is 0. The van der Waals surface area contributed by atoms with E-state index in [0.29, 0.717) is 5.70 Å². The second-order valence-electron chi connectivity index (χ2n) is 4.94. The van der Waals surface area contributed by atoms with E-state index in [0.717, 1.165) is 25.1 Å². The minimum absolute atomic E-state index is 0.266. The van der Waals surface area contributed by atoms with Crippen LogP contribution in [0.5, 0.6) is 0 Å². The molecule has 0 radical (unpaired) electrons. The van der Waals surface area contributed by atoms with E-state index in [1.54, 1.807) is 0 Å². The van der Waals surface area contributed by atoms with E-state index >= 15 is 0 Å². The molecule has 0 saturated carbocycles. The van der Waals surface area contributed by atoms with Crippen molar-refractivity contribution >= 4 is 0 Å². The molecule has 0 aliphatic carbocycles. The predicted octanol–water partition coefficient (Wildman–Crippen LogP) is 3.69. The number of hydrogen-bond acceptors (Lipinski definition) is 2. The summed E-state index contributed by atoms with van der Waals surface area (Å²) < 4.78 is 0. The molecule has 0 saturated heterocycles. The standard InChI is InChI=1S/C13H22N2/c1-7-11(2)15(12(3)10-14)9-8-13(4,5)6/h2-3,7-9H2,1,4-6H3. The lowest BCUT2D eigenvalue weighted by molar-refractivity contribution is 0.309. The highest BCUT2D eigenvalue weighted by Gasteiger charge is 2.15. The minimum atomic E-state index is 0.266. The van der Waals surface area contributed by atoms with Gasteiger partial charge in [0, 0.05) is 12.2 Å². The average molecular weight is 206 g/mol. The van der Waals surface area contributed by atoms with Gasteiger partial charge in [-0.05, 0) is 18.3 Å². The first kappa shape index (κ1) is 13.8. The lowest BCUT2D eigenvalue weighted by atomic mass is 9.92. The molecule has 0 fully saturated rings. The van der Waals surface area contributed by atoms with Gasteiger partial charge in [0.05, 0.1) is 0 Å². The Kier molecular flexibility index (Phi) is 5.14. The van der Waals surface area contributed by atoms with Crippen molar-refractivity contribution in [3.63, 3.8) is 0 Å². The number of nitrogens with zero attached hydrogens (tertiary/aromatic N) is 2. The van der Waals surface area contributed by atoms with Crippen molar-refractivity contribution in [2.45, 2.75) is 40.5 Å². The van der Waals surface area contributed by atoms with Gasteiger partial charge in [0.1, 0.15) is 11.8 Å². The molecule has 0 unspecified atom stereocenters. The van der Waals surface area contributed by atoms with Crippen molar-refractivity contribution in [2.24, 2.45) is 5.41 Å². The van der Waals surface area contributed by atoms with Gasteiger partial charge >= 0.3 is 0 Å². The van der Waals surface area contributed by atoms with Gasteiger partial charge in [0.25, 0.3) is 0 Å². The molecule has 0 atom stereocenters. The molecule has 0 rings (SSSR count). The van der Waals surface area contributed by atoms with Crippen LogP contribution in [-0.2, 0) is 0 Å². The monoisotopic (exact) mass is 206 g/mol. The molecule has 2 nitrogen and oxygen atoms in total. The van der Waals surface area contributed by atoms with E-state index in [2.05, 4.69) is 40.0 Å². The van der Waals surface area contributed by atoms with E-state index in [4.69, 9.17) is 5.26 Å². The quantitative estimate of drug-likeness (QED) is 0.641. The number of rotatable bonds is 5. The van der Waals surface area contributed by atoms with E-state index in [1.165, 1.54) is 0 Å². The Hall–Kier alpha value is -1.23. The molecule has 0 aromatic rings. The highest BCUT2D eigenvalue weighted by atomic mass is 15.1. The second-order valence-corrected chi connectivity index (χ2v) is 4.94. The molecule has 0 heterocycles. The van der Waals surface area contributed by atoms with E-state index < -0.39 is 0 Å². The summed E-state index contributed by atoms with van der Waals surface area (Å²) in [6, 6.07) is 2.09. The van der Waals surface area contributed by atoms with Gasteiger partial charge in [-0.1, -0.05) is 40.9 Å². The molecule has 84 valence electrons. The van der Waals surface area contributed by atoms with Crippen molar-refractivity contribution in [2.75, 3.05) is 6.54 Å². The number of nitriles is 1. The normalized spacial score (nSPS) is 10.6. The zero-order chi connectivity index (χ0) is 12.1. The zero-order valence-electron chi connectivity index (χ0n) is 10.4. The molecule has 0 aliphatic rings.